The van der Waals surface area contributed by atoms with Crippen LogP contribution in [-0.4, -0.2) is 69.7 Å². The van der Waals surface area contributed by atoms with Crippen molar-refractivity contribution in [3.05, 3.63) is 91.4 Å². The molecule has 0 bridgehead atoms. The minimum absolute atomic E-state index is 0.0690. The molecule has 0 unspecified atom stereocenters. The fourth-order valence-electron chi connectivity index (χ4n) is 4.87. The van der Waals surface area contributed by atoms with Gasteiger partial charge in [0.1, 0.15) is 5.82 Å². The summed E-state index contributed by atoms with van der Waals surface area (Å²) in [5.74, 6) is -0.350. The standard InChI is InChI=1S/C27H29ClFN5O2/c1-19-26-24(30-34(27(26)36)17-21-7-8-22(29)15-23(21)28)9-10-33(19)18-25(35)32-13-11-31(12-14-32)16-20-5-3-2-4-6-20/h2-9,15,30H,10-14,16-18H2,1H3. The van der Waals surface area contributed by atoms with Crippen LogP contribution in [0.3, 0.4) is 0 Å². The van der Waals surface area contributed by atoms with E-state index < -0.39 is 5.82 Å². The molecule has 9 heteroatoms. The van der Waals surface area contributed by atoms with Gasteiger partial charge in [-0.2, -0.15) is 0 Å². The van der Waals surface area contributed by atoms with Crippen LogP contribution < -0.4 is 16.1 Å². The van der Waals surface area contributed by atoms with Crippen LogP contribution in [-0.2, 0) is 17.9 Å². The molecule has 3 aromatic rings. The average Bonchev–Trinajstić information content (AvgIpc) is 3.19. The molecule has 3 heterocycles. The second-order valence-electron chi connectivity index (χ2n) is 9.34. The van der Waals surface area contributed by atoms with Gasteiger partial charge in [0.15, 0.2) is 0 Å². The van der Waals surface area contributed by atoms with Crippen molar-refractivity contribution in [2.75, 3.05) is 39.3 Å². The SMILES string of the molecule is CC1=c2c([nH]n(Cc3ccc(F)cc3Cl)c2=O)=CCN1CC(=O)N1CCN(Cc2ccccc2)CC1. The zero-order valence-electron chi connectivity index (χ0n) is 20.2. The zero-order valence-corrected chi connectivity index (χ0v) is 21.0. The van der Waals surface area contributed by atoms with Crippen LogP contribution in [0.15, 0.2) is 53.3 Å². The van der Waals surface area contributed by atoms with Crippen LogP contribution in [0.2, 0.25) is 5.02 Å². The van der Waals surface area contributed by atoms with Gasteiger partial charge in [0.25, 0.3) is 5.56 Å². The molecule has 2 aliphatic rings. The number of rotatable bonds is 6. The molecule has 2 aliphatic heterocycles. The number of carbonyl (C=O) groups excluding carboxylic acids is 1. The van der Waals surface area contributed by atoms with Crippen molar-refractivity contribution < 1.29 is 9.18 Å². The van der Waals surface area contributed by atoms with Crippen molar-refractivity contribution in [3.63, 3.8) is 0 Å². The van der Waals surface area contributed by atoms with Gasteiger partial charge >= 0.3 is 0 Å². The molecule has 1 saturated heterocycles. The second kappa shape index (κ2) is 10.3. The summed E-state index contributed by atoms with van der Waals surface area (Å²) >= 11 is 6.16. The van der Waals surface area contributed by atoms with E-state index in [9.17, 15) is 14.0 Å². The maximum atomic E-state index is 13.4. The zero-order chi connectivity index (χ0) is 25.2. The van der Waals surface area contributed by atoms with Gasteiger partial charge in [-0.3, -0.25) is 19.6 Å². The van der Waals surface area contributed by atoms with Gasteiger partial charge in [0, 0.05) is 50.0 Å². The molecule has 7 nitrogen and oxygen atoms in total. The Kier molecular flexibility index (Phi) is 6.98. The molecule has 1 fully saturated rings. The lowest BCUT2D eigenvalue weighted by Gasteiger charge is -2.36. The highest BCUT2D eigenvalue weighted by Crippen LogP contribution is 2.17. The molecule has 188 valence electrons. The normalized spacial score (nSPS) is 16.1. The van der Waals surface area contributed by atoms with Crippen molar-refractivity contribution in [1.29, 1.82) is 0 Å². The van der Waals surface area contributed by atoms with Crippen molar-refractivity contribution in [1.82, 2.24) is 24.5 Å². The number of aromatic amines is 1. The number of nitrogens with one attached hydrogen (secondary N) is 1. The summed E-state index contributed by atoms with van der Waals surface area (Å²) in [7, 11) is 0. The van der Waals surface area contributed by atoms with Gasteiger partial charge in [-0.25, -0.2) is 9.07 Å². The Morgan fingerprint density at radius 2 is 1.81 bits per heavy atom. The number of hydrogen-bond donors (Lipinski definition) is 1. The van der Waals surface area contributed by atoms with Crippen molar-refractivity contribution in [3.8, 4) is 0 Å². The predicted octanol–water partition coefficient (Wildman–Crippen LogP) is 1.59. The smallest absolute Gasteiger partial charge is 0.276 e. The Labute approximate surface area is 213 Å². The number of amides is 1. The molecular weight excluding hydrogens is 481 g/mol. The highest BCUT2D eigenvalue weighted by atomic mass is 35.5. The number of nitrogens with zero attached hydrogens (tertiary/aromatic N) is 4. The van der Waals surface area contributed by atoms with Gasteiger partial charge in [-0.1, -0.05) is 48.0 Å². The van der Waals surface area contributed by atoms with Crippen LogP contribution in [0.4, 0.5) is 4.39 Å². The fourth-order valence-corrected chi connectivity index (χ4v) is 5.10. The first-order chi connectivity index (χ1) is 17.4. The number of piperazine rings is 1. The molecule has 0 aliphatic carbocycles. The van der Waals surface area contributed by atoms with Crippen molar-refractivity contribution >= 4 is 29.3 Å². The van der Waals surface area contributed by atoms with Crippen LogP contribution >= 0.6 is 11.6 Å². The first kappa shape index (κ1) is 24.3. The molecule has 0 radical (unpaired) electrons. The first-order valence-corrected chi connectivity index (χ1v) is 12.5. The summed E-state index contributed by atoms with van der Waals surface area (Å²) < 4.78 is 14.9. The van der Waals surface area contributed by atoms with E-state index in [1.54, 1.807) is 6.07 Å². The van der Waals surface area contributed by atoms with Crippen LogP contribution in [0.25, 0.3) is 11.8 Å². The Hall–Kier alpha value is -3.36. The third-order valence-corrected chi connectivity index (χ3v) is 7.33. The molecular formula is C27H29ClFN5O2. The highest BCUT2D eigenvalue weighted by molar-refractivity contribution is 6.31. The Balaban J connectivity index is 1.25. The van der Waals surface area contributed by atoms with E-state index in [-0.39, 0.29) is 29.6 Å². The predicted molar refractivity (Wildman–Crippen MR) is 138 cm³/mol. The first-order valence-electron chi connectivity index (χ1n) is 12.1. The largest absolute Gasteiger partial charge is 0.361 e. The lowest BCUT2D eigenvalue weighted by atomic mass is 10.2. The van der Waals surface area contributed by atoms with Gasteiger partial charge in [-0.05, 0) is 36.3 Å². The minimum atomic E-state index is -0.419. The van der Waals surface area contributed by atoms with E-state index in [1.165, 1.54) is 22.4 Å². The molecule has 0 atom stereocenters. The molecule has 1 amide bonds. The fraction of sp³-hybridized carbons (Fsp3) is 0.333. The van der Waals surface area contributed by atoms with Crippen LogP contribution in [0.1, 0.15) is 18.1 Å². The van der Waals surface area contributed by atoms with E-state index in [4.69, 9.17) is 11.6 Å². The van der Waals surface area contributed by atoms with Gasteiger partial charge in [0.05, 0.1) is 23.7 Å². The second-order valence-corrected chi connectivity index (χ2v) is 9.75. The average molecular weight is 510 g/mol. The number of H-pyrrole nitrogens is 1. The highest BCUT2D eigenvalue weighted by Gasteiger charge is 2.24. The molecule has 1 aromatic heterocycles. The summed E-state index contributed by atoms with van der Waals surface area (Å²) in [6.45, 7) is 6.82. The van der Waals surface area contributed by atoms with Crippen molar-refractivity contribution in [2.45, 2.75) is 20.0 Å². The maximum absolute atomic E-state index is 13.4. The monoisotopic (exact) mass is 509 g/mol. The molecule has 5 rings (SSSR count). The Morgan fingerprint density at radius 1 is 1.06 bits per heavy atom. The number of hydrogen-bond acceptors (Lipinski definition) is 4. The van der Waals surface area contributed by atoms with E-state index in [0.29, 0.717) is 30.4 Å². The quantitative estimate of drug-likeness (QED) is 0.548. The summed E-state index contributed by atoms with van der Waals surface area (Å²) in [4.78, 5) is 32.5. The Morgan fingerprint density at radius 3 is 2.53 bits per heavy atom. The number of halogens is 2. The molecule has 0 saturated carbocycles. The number of carbonyl (C=O) groups is 1. The summed E-state index contributed by atoms with van der Waals surface area (Å²) in [6.07, 6.45) is 1.93. The van der Waals surface area contributed by atoms with Gasteiger partial charge < -0.3 is 9.80 Å². The third-order valence-electron chi connectivity index (χ3n) is 6.98. The number of aromatic nitrogens is 2. The van der Waals surface area contributed by atoms with Gasteiger partial charge in [0.2, 0.25) is 5.91 Å². The van der Waals surface area contributed by atoms with Gasteiger partial charge in [-0.15, -0.1) is 0 Å². The van der Waals surface area contributed by atoms with E-state index in [2.05, 4.69) is 22.1 Å². The topological polar surface area (TPSA) is 64.6 Å². The maximum Gasteiger partial charge on any atom is 0.276 e. The third kappa shape index (κ3) is 5.10. The molecule has 0 spiro atoms. The number of fused-ring (bicyclic) bond motifs is 1. The lowest BCUT2D eigenvalue weighted by Crippen LogP contribution is -2.52. The summed E-state index contributed by atoms with van der Waals surface area (Å²) in [5.41, 5.74) is 2.51. The van der Waals surface area contributed by atoms with E-state index in [1.807, 2.05) is 41.0 Å². The minimum Gasteiger partial charge on any atom is -0.361 e. The van der Waals surface area contributed by atoms with E-state index >= 15 is 0 Å². The van der Waals surface area contributed by atoms with Crippen molar-refractivity contribution in [2.24, 2.45) is 0 Å². The van der Waals surface area contributed by atoms with Crippen LogP contribution in [0, 0.1) is 5.82 Å². The molecule has 36 heavy (non-hydrogen) atoms. The lowest BCUT2D eigenvalue weighted by molar-refractivity contribution is -0.133. The Bertz CT molecular complexity index is 1440. The molecule has 1 N–H and O–H groups in total. The van der Waals surface area contributed by atoms with Crippen LogP contribution in [0.5, 0.6) is 0 Å². The molecule has 2 aromatic carbocycles. The van der Waals surface area contributed by atoms with E-state index in [0.717, 1.165) is 30.7 Å². The summed E-state index contributed by atoms with van der Waals surface area (Å²) in [6, 6.07) is 14.5. The number of benzene rings is 2. The summed E-state index contributed by atoms with van der Waals surface area (Å²) in [5, 5.41) is 4.69.